The number of sulfonamides is 1. The van der Waals surface area contributed by atoms with Gasteiger partial charge in [0.15, 0.2) is 0 Å². The van der Waals surface area contributed by atoms with Crippen molar-refractivity contribution in [1.29, 1.82) is 0 Å². The number of hydrogen-bond acceptors (Lipinski definition) is 4. The molecule has 208 valence electrons. The Balaban J connectivity index is 2.05. The summed E-state index contributed by atoms with van der Waals surface area (Å²) in [5.41, 5.74) is 1.87. The fourth-order valence-electron chi connectivity index (χ4n) is 4.18. The molecule has 2 amide bonds. The quantitative estimate of drug-likeness (QED) is 0.315. The maximum Gasteiger partial charge on any atom is 0.264 e. The maximum absolute atomic E-state index is 14.0. The minimum absolute atomic E-state index is 0.0547. The highest BCUT2D eigenvalue weighted by Crippen LogP contribution is 2.26. The highest BCUT2D eigenvalue weighted by atomic mass is 35.5. The van der Waals surface area contributed by atoms with E-state index in [0.717, 1.165) is 9.87 Å². The van der Waals surface area contributed by atoms with Gasteiger partial charge in [0.05, 0.1) is 10.6 Å². The first kappa shape index (κ1) is 30.2. The highest BCUT2D eigenvalue weighted by molar-refractivity contribution is 7.92. The van der Waals surface area contributed by atoms with Gasteiger partial charge in [0.2, 0.25) is 11.8 Å². The molecule has 0 saturated carbocycles. The molecule has 1 N–H and O–H groups in total. The Morgan fingerprint density at radius 1 is 0.949 bits per heavy atom. The zero-order valence-electron chi connectivity index (χ0n) is 22.8. The summed E-state index contributed by atoms with van der Waals surface area (Å²) in [5.74, 6) is -0.575. The predicted molar refractivity (Wildman–Crippen MR) is 156 cm³/mol. The molecule has 0 spiro atoms. The second kappa shape index (κ2) is 13.6. The monoisotopic (exact) mass is 569 g/mol. The summed E-state index contributed by atoms with van der Waals surface area (Å²) < 4.78 is 28.7. The average molecular weight is 570 g/mol. The number of amides is 2. The van der Waals surface area contributed by atoms with Gasteiger partial charge >= 0.3 is 0 Å². The van der Waals surface area contributed by atoms with Gasteiger partial charge in [-0.25, -0.2) is 8.42 Å². The lowest BCUT2D eigenvalue weighted by Crippen LogP contribution is -2.52. The first-order chi connectivity index (χ1) is 18.5. The van der Waals surface area contributed by atoms with E-state index in [4.69, 9.17) is 11.6 Å². The van der Waals surface area contributed by atoms with Gasteiger partial charge in [0.25, 0.3) is 10.0 Å². The molecule has 0 bridgehead atoms. The number of anilines is 1. The molecule has 1 unspecified atom stereocenters. The van der Waals surface area contributed by atoms with Gasteiger partial charge in [-0.2, -0.15) is 0 Å². The first-order valence-electron chi connectivity index (χ1n) is 13.0. The summed E-state index contributed by atoms with van der Waals surface area (Å²) in [6.07, 6.45) is 0.343. The van der Waals surface area contributed by atoms with E-state index in [0.29, 0.717) is 29.2 Å². The number of nitrogens with one attached hydrogen (secondary N) is 1. The maximum atomic E-state index is 14.0. The molecule has 0 aliphatic carbocycles. The second-order valence-electron chi connectivity index (χ2n) is 9.84. The Morgan fingerprint density at radius 3 is 2.23 bits per heavy atom. The van der Waals surface area contributed by atoms with Crippen molar-refractivity contribution in [1.82, 2.24) is 10.2 Å². The minimum Gasteiger partial charge on any atom is -0.354 e. The van der Waals surface area contributed by atoms with E-state index in [1.807, 2.05) is 39.8 Å². The molecule has 0 fully saturated rings. The van der Waals surface area contributed by atoms with Crippen LogP contribution < -0.4 is 9.62 Å². The van der Waals surface area contributed by atoms with E-state index >= 15 is 0 Å². The van der Waals surface area contributed by atoms with Gasteiger partial charge < -0.3 is 10.2 Å². The van der Waals surface area contributed by atoms with Gasteiger partial charge in [-0.15, -0.1) is 0 Å². The molecule has 3 aromatic carbocycles. The SMILES string of the molecule is CCC(C(=O)NCC(C)C)N(Cc1ccccc1Cl)C(=O)CN(c1cccc(C)c1)S(=O)(=O)c1ccccc1. The van der Waals surface area contributed by atoms with Crippen molar-refractivity contribution in [3.63, 3.8) is 0 Å². The summed E-state index contributed by atoms with van der Waals surface area (Å²) in [6.45, 7) is 7.68. The lowest BCUT2D eigenvalue weighted by Gasteiger charge is -2.33. The van der Waals surface area contributed by atoms with Crippen LogP contribution in [-0.4, -0.2) is 44.3 Å². The predicted octanol–water partition coefficient (Wildman–Crippen LogP) is 5.42. The molecule has 0 saturated heterocycles. The molecular formula is C30H36ClN3O4S. The number of nitrogens with zero attached hydrogens (tertiary/aromatic N) is 2. The van der Waals surface area contributed by atoms with Crippen LogP contribution in [0.3, 0.4) is 0 Å². The number of hydrogen-bond donors (Lipinski definition) is 1. The largest absolute Gasteiger partial charge is 0.354 e. The summed E-state index contributed by atoms with van der Waals surface area (Å²) >= 11 is 6.43. The Labute approximate surface area is 236 Å². The molecule has 3 rings (SSSR count). The molecule has 0 aliphatic rings. The van der Waals surface area contributed by atoms with Gasteiger partial charge in [0, 0.05) is 18.1 Å². The minimum atomic E-state index is -4.10. The van der Waals surface area contributed by atoms with Crippen LogP contribution in [0.15, 0.2) is 83.8 Å². The molecule has 1 atom stereocenters. The van der Waals surface area contributed by atoms with E-state index in [2.05, 4.69) is 5.32 Å². The van der Waals surface area contributed by atoms with Crippen LogP contribution in [-0.2, 0) is 26.2 Å². The zero-order valence-corrected chi connectivity index (χ0v) is 24.4. The Kier molecular flexibility index (Phi) is 10.5. The van der Waals surface area contributed by atoms with Crippen LogP contribution >= 0.6 is 11.6 Å². The lowest BCUT2D eigenvalue weighted by atomic mass is 10.1. The number of aryl methyl sites for hydroxylation is 1. The average Bonchev–Trinajstić information content (AvgIpc) is 2.91. The number of halogens is 1. The van der Waals surface area contributed by atoms with Crippen LogP contribution in [0.2, 0.25) is 5.02 Å². The molecule has 0 aliphatic heterocycles. The van der Waals surface area contributed by atoms with Crippen molar-refractivity contribution in [2.45, 2.75) is 51.6 Å². The van der Waals surface area contributed by atoms with E-state index in [-0.39, 0.29) is 23.3 Å². The van der Waals surface area contributed by atoms with Gasteiger partial charge in [-0.05, 0) is 60.7 Å². The van der Waals surface area contributed by atoms with Gasteiger partial charge in [-0.3, -0.25) is 13.9 Å². The van der Waals surface area contributed by atoms with Gasteiger partial charge in [-0.1, -0.05) is 80.9 Å². The van der Waals surface area contributed by atoms with E-state index in [1.54, 1.807) is 54.6 Å². The second-order valence-corrected chi connectivity index (χ2v) is 12.1. The molecule has 0 radical (unpaired) electrons. The molecule has 7 nitrogen and oxygen atoms in total. The highest BCUT2D eigenvalue weighted by Gasteiger charge is 2.34. The fraction of sp³-hybridized carbons (Fsp3) is 0.333. The number of carbonyl (C=O) groups is 2. The van der Waals surface area contributed by atoms with Crippen LogP contribution in [0.1, 0.15) is 38.3 Å². The topological polar surface area (TPSA) is 86.8 Å². The van der Waals surface area contributed by atoms with Crippen molar-refractivity contribution < 1.29 is 18.0 Å². The van der Waals surface area contributed by atoms with Crippen LogP contribution in [0.25, 0.3) is 0 Å². The first-order valence-corrected chi connectivity index (χ1v) is 14.8. The zero-order chi connectivity index (χ0) is 28.6. The number of benzene rings is 3. The smallest absolute Gasteiger partial charge is 0.264 e. The third-order valence-corrected chi connectivity index (χ3v) is 8.43. The fourth-order valence-corrected chi connectivity index (χ4v) is 5.81. The van der Waals surface area contributed by atoms with E-state index in [1.165, 1.54) is 17.0 Å². The van der Waals surface area contributed by atoms with Crippen molar-refractivity contribution in [2.24, 2.45) is 5.92 Å². The van der Waals surface area contributed by atoms with Crippen molar-refractivity contribution >= 4 is 39.1 Å². The normalized spacial score (nSPS) is 12.2. The standard InChI is InChI=1S/C30H36ClN3O4S/c1-5-28(30(36)32-19-22(2)3)33(20-24-13-9-10-17-27(24)31)29(35)21-34(25-14-11-12-23(4)18-25)39(37,38)26-15-7-6-8-16-26/h6-18,22,28H,5,19-21H2,1-4H3,(H,32,36). The summed E-state index contributed by atoms with van der Waals surface area (Å²) in [7, 11) is -4.10. The Bertz CT molecular complexity index is 1380. The lowest BCUT2D eigenvalue weighted by molar-refractivity contribution is -0.140. The van der Waals surface area contributed by atoms with Crippen molar-refractivity contribution in [2.75, 3.05) is 17.4 Å². The molecule has 3 aromatic rings. The van der Waals surface area contributed by atoms with Crippen molar-refractivity contribution in [3.05, 3.63) is 95.0 Å². The van der Waals surface area contributed by atoms with Crippen molar-refractivity contribution in [3.8, 4) is 0 Å². The summed E-state index contributed by atoms with van der Waals surface area (Å²) in [5, 5.41) is 3.38. The molecular weight excluding hydrogens is 534 g/mol. The van der Waals surface area contributed by atoms with E-state index < -0.39 is 28.5 Å². The third kappa shape index (κ3) is 7.83. The molecule has 9 heteroatoms. The number of rotatable bonds is 12. The molecule has 0 aromatic heterocycles. The van der Waals surface area contributed by atoms with E-state index in [9.17, 15) is 18.0 Å². The van der Waals surface area contributed by atoms with Crippen LogP contribution in [0, 0.1) is 12.8 Å². The molecule has 0 heterocycles. The summed E-state index contributed by atoms with van der Waals surface area (Å²) in [6, 6.07) is 21.3. The molecule has 39 heavy (non-hydrogen) atoms. The number of carbonyl (C=O) groups excluding carboxylic acids is 2. The van der Waals surface area contributed by atoms with Gasteiger partial charge in [0.1, 0.15) is 12.6 Å². The van der Waals surface area contributed by atoms with Crippen LogP contribution in [0.5, 0.6) is 0 Å². The third-order valence-electron chi connectivity index (χ3n) is 6.27. The van der Waals surface area contributed by atoms with Crippen LogP contribution in [0.4, 0.5) is 5.69 Å². The Morgan fingerprint density at radius 2 is 1.62 bits per heavy atom. The summed E-state index contributed by atoms with van der Waals surface area (Å²) in [4.78, 5) is 28.8. The Hall–Kier alpha value is -3.36.